The zero-order chi connectivity index (χ0) is 16.2. The number of nitrogens with two attached hydrogens (primary N) is 1. The van der Waals surface area contributed by atoms with E-state index in [2.05, 4.69) is 16.0 Å². The van der Waals surface area contributed by atoms with Crippen LogP contribution in [0.2, 0.25) is 0 Å². The van der Waals surface area contributed by atoms with Gasteiger partial charge in [0.15, 0.2) is 6.04 Å². The van der Waals surface area contributed by atoms with Crippen molar-refractivity contribution in [3.8, 4) is 5.75 Å². The molecule has 3 atom stereocenters. The number of piperazine rings is 1. The fourth-order valence-electron chi connectivity index (χ4n) is 3.55. The van der Waals surface area contributed by atoms with Crippen LogP contribution in [0.15, 0.2) is 24.3 Å². The Morgan fingerprint density at radius 3 is 2.96 bits per heavy atom. The normalized spacial score (nSPS) is 26.8. The second-order valence-electron chi connectivity index (χ2n) is 6.31. The predicted molar refractivity (Wildman–Crippen MR) is 86.1 cm³/mol. The van der Waals surface area contributed by atoms with Gasteiger partial charge in [-0.2, -0.15) is 0 Å². The monoisotopic (exact) mass is 318 g/mol. The van der Waals surface area contributed by atoms with Gasteiger partial charge in [0.05, 0.1) is 25.3 Å². The first kappa shape index (κ1) is 15.8. The maximum absolute atomic E-state index is 12.3. The molecule has 0 radical (unpaired) electrons. The van der Waals surface area contributed by atoms with Crippen LogP contribution in [0.4, 0.5) is 5.69 Å². The van der Waals surface area contributed by atoms with E-state index >= 15 is 0 Å². The van der Waals surface area contributed by atoms with E-state index in [-0.39, 0.29) is 30.3 Å². The van der Waals surface area contributed by atoms with Gasteiger partial charge in [0.25, 0.3) is 5.91 Å². The van der Waals surface area contributed by atoms with Crippen molar-refractivity contribution < 1.29 is 19.6 Å². The number of hydrogen-bond donors (Lipinski definition) is 3. The summed E-state index contributed by atoms with van der Waals surface area (Å²) in [6.07, 6.45) is 4.71. The van der Waals surface area contributed by atoms with Crippen molar-refractivity contribution in [2.24, 2.45) is 0 Å². The number of anilines is 1. The fraction of sp³-hybridized carbons (Fsp3) is 0.529. The van der Waals surface area contributed by atoms with E-state index < -0.39 is 0 Å². The first-order chi connectivity index (χ1) is 11.2. The van der Waals surface area contributed by atoms with Gasteiger partial charge >= 0.3 is 0 Å². The molecule has 124 valence electrons. The molecule has 1 aliphatic heterocycles. The molecule has 0 spiro atoms. The van der Waals surface area contributed by atoms with Gasteiger partial charge in [-0.15, -0.1) is 0 Å². The summed E-state index contributed by atoms with van der Waals surface area (Å²) in [6.45, 7) is 0. The number of methoxy groups -OCH3 is 1. The Labute approximate surface area is 136 Å². The minimum absolute atomic E-state index is 0.0247. The van der Waals surface area contributed by atoms with Gasteiger partial charge < -0.3 is 20.7 Å². The molecular weight excluding hydrogens is 294 g/mol. The molecule has 23 heavy (non-hydrogen) atoms. The van der Waals surface area contributed by atoms with Crippen LogP contribution >= 0.6 is 0 Å². The molecule has 0 bridgehead atoms. The minimum atomic E-state index is -0.343. The molecule has 2 amide bonds. The number of quaternary nitrogens is 1. The topological polar surface area (TPSA) is 84.0 Å². The SMILES string of the molecule is COc1ccccc1NC(=O)C[C@@H]1[NH2+][C@H]2CCCC[C@@H]2NC1=O. The third kappa shape index (κ3) is 3.64. The zero-order valence-corrected chi connectivity index (χ0v) is 13.4. The van der Waals surface area contributed by atoms with E-state index in [1.54, 1.807) is 19.2 Å². The highest BCUT2D eigenvalue weighted by Crippen LogP contribution is 2.23. The van der Waals surface area contributed by atoms with Gasteiger partial charge in [0.1, 0.15) is 11.8 Å². The summed E-state index contributed by atoms with van der Waals surface area (Å²) in [7, 11) is 1.57. The van der Waals surface area contributed by atoms with Crippen molar-refractivity contribution >= 4 is 17.5 Å². The van der Waals surface area contributed by atoms with Crippen molar-refractivity contribution in [1.82, 2.24) is 5.32 Å². The molecule has 1 aliphatic carbocycles. The Morgan fingerprint density at radius 1 is 1.35 bits per heavy atom. The van der Waals surface area contributed by atoms with Gasteiger partial charge in [-0.25, -0.2) is 0 Å². The number of para-hydroxylation sites is 2. The van der Waals surface area contributed by atoms with Gasteiger partial charge in [-0.1, -0.05) is 18.6 Å². The Balaban J connectivity index is 1.60. The number of hydrogen-bond acceptors (Lipinski definition) is 3. The first-order valence-corrected chi connectivity index (χ1v) is 8.25. The fourth-order valence-corrected chi connectivity index (χ4v) is 3.55. The van der Waals surface area contributed by atoms with Crippen molar-refractivity contribution in [2.45, 2.75) is 50.2 Å². The third-order valence-corrected chi connectivity index (χ3v) is 4.75. The Morgan fingerprint density at radius 2 is 2.13 bits per heavy atom. The lowest BCUT2D eigenvalue weighted by Crippen LogP contribution is -3.03. The van der Waals surface area contributed by atoms with E-state index in [4.69, 9.17) is 4.74 Å². The van der Waals surface area contributed by atoms with E-state index in [0.29, 0.717) is 17.5 Å². The molecule has 0 aromatic heterocycles. The number of nitrogens with one attached hydrogen (secondary N) is 2. The van der Waals surface area contributed by atoms with Crippen molar-refractivity contribution in [3.63, 3.8) is 0 Å². The highest BCUT2D eigenvalue weighted by atomic mass is 16.5. The molecule has 4 N–H and O–H groups in total. The largest absolute Gasteiger partial charge is 0.495 e. The number of fused-ring (bicyclic) bond motifs is 1. The molecular formula is C17H24N3O3+. The van der Waals surface area contributed by atoms with Crippen molar-refractivity contribution in [2.75, 3.05) is 12.4 Å². The van der Waals surface area contributed by atoms with Crippen molar-refractivity contribution in [1.29, 1.82) is 0 Å². The highest BCUT2D eigenvalue weighted by Gasteiger charge is 2.40. The summed E-state index contributed by atoms with van der Waals surface area (Å²) in [5, 5.41) is 8.01. The molecule has 2 fully saturated rings. The predicted octanol–water partition coefficient (Wildman–Crippen LogP) is 0.397. The van der Waals surface area contributed by atoms with Gasteiger partial charge in [-0.05, 0) is 25.0 Å². The minimum Gasteiger partial charge on any atom is -0.495 e. The molecule has 1 aromatic carbocycles. The van der Waals surface area contributed by atoms with Crippen LogP contribution in [0, 0.1) is 0 Å². The lowest BCUT2D eigenvalue weighted by atomic mass is 9.87. The molecule has 6 nitrogen and oxygen atoms in total. The van der Waals surface area contributed by atoms with E-state index in [1.807, 2.05) is 12.1 Å². The quantitative estimate of drug-likeness (QED) is 0.751. The average molecular weight is 318 g/mol. The smallest absolute Gasteiger partial charge is 0.279 e. The molecule has 6 heteroatoms. The summed E-state index contributed by atoms with van der Waals surface area (Å²) in [4.78, 5) is 24.5. The van der Waals surface area contributed by atoms with Gasteiger partial charge in [0.2, 0.25) is 5.91 Å². The molecule has 3 rings (SSSR count). The van der Waals surface area contributed by atoms with E-state index in [0.717, 1.165) is 12.8 Å². The second kappa shape index (κ2) is 7.00. The first-order valence-electron chi connectivity index (χ1n) is 8.25. The number of carbonyl (C=O) groups is 2. The molecule has 1 aromatic rings. The average Bonchev–Trinajstić information content (AvgIpc) is 2.56. The van der Waals surface area contributed by atoms with Crippen LogP contribution in [-0.4, -0.2) is 37.0 Å². The van der Waals surface area contributed by atoms with Crippen LogP contribution < -0.4 is 20.7 Å². The maximum Gasteiger partial charge on any atom is 0.279 e. The summed E-state index contributed by atoms with van der Waals surface area (Å²) in [5.41, 5.74) is 0.631. The maximum atomic E-state index is 12.3. The number of benzene rings is 1. The summed E-state index contributed by atoms with van der Waals surface area (Å²) >= 11 is 0. The van der Waals surface area contributed by atoms with Gasteiger partial charge in [-0.3, -0.25) is 9.59 Å². The number of rotatable bonds is 4. The molecule has 0 unspecified atom stereocenters. The number of carbonyl (C=O) groups excluding carboxylic acids is 2. The summed E-state index contributed by atoms with van der Waals surface area (Å²) in [5.74, 6) is 0.425. The molecule has 1 heterocycles. The molecule has 2 aliphatic rings. The standard InChI is InChI=1S/C17H23N3O3/c1-23-15-9-5-4-8-13(15)19-16(21)10-14-17(22)20-12-7-3-2-6-11(12)18-14/h4-5,8-9,11-12,14,18H,2-3,6-7,10H2,1H3,(H,19,21)(H,20,22)/p+1/t11-,12-,14-/m0/s1. The Kier molecular flexibility index (Phi) is 4.81. The van der Waals surface area contributed by atoms with Crippen molar-refractivity contribution in [3.05, 3.63) is 24.3 Å². The zero-order valence-electron chi connectivity index (χ0n) is 13.4. The Bertz CT molecular complexity index is 590. The van der Waals surface area contributed by atoms with Crippen LogP contribution in [0.25, 0.3) is 0 Å². The van der Waals surface area contributed by atoms with Gasteiger partial charge in [0, 0.05) is 6.42 Å². The number of ether oxygens (including phenoxy) is 1. The second-order valence-corrected chi connectivity index (χ2v) is 6.31. The summed E-state index contributed by atoms with van der Waals surface area (Å²) in [6, 6.07) is 7.60. The van der Waals surface area contributed by atoms with Crippen LogP contribution in [0.3, 0.4) is 0 Å². The Hall–Kier alpha value is -2.08. The van der Waals surface area contributed by atoms with Crippen LogP contribution in [0.5, 0.6) is 5.75 Å². The molecule has 1 saturated heterocycles. The van der Waals surface area contributed by atoms with Crippen LogP contribution in [0.1, 0.15) is 32.1 Å². The summed E-state index contributed by atoms with van der Waals surface area (Å²) < 4.78 is 5.23. The third-order valence-electron chi connectivity index (χ3n) is 4.75. The lowest BCUT2D eigenvalue weighted by Gasteiger charge is -2.37. The molecule has 1 saturated carbocycles. The van der Waals surface area contributed by atoms with E-state index in [1.165, 1.54) is 12.8 Å². The lowest BCUT2D eigenvalue weighted by molar-refractivity contribution is -0.718. The highest BCUT2D eigenvalue weighted by molar-refractivity contribution is 5.96. The van der Waals surface area contributed by atoms with E-state index in [9.17, 15) is 9.59 Å². The number of amides is 2. The van der Waals surface area contributed by atoms with Crippen LogP contribution in [-0.2, 0) is 9.59 Å².